The van der Waals surface area contributed by atoms with Gasteiger partial charge in [0.1, 0.15) is 17.2 Å². The van der Waals surface area contributed by atoms with Gasteiger partial charge in [-0.25, -0.2) is 13.0 Å². The maximum absolute atomic E-state index is 10.4. The molecule has 0 spiro atoms. The number of benzene rings is 2. The Morgan fingerprint density at radius 2 is 1.15 bits per heavy atom. The van der Waals surface area contributed by atoms with Crippen LogP contribution in [-0.2, 0) is 17.2 Å². The lowest BCUT2D eigenvalue weighted by Gasteiger charge is -2.05. The Hall–Kier alpha value is -2.76. The van der Waals surface area contributed by atoms with Gasteiger partial charge in [0.15, 0.2) is 12.4 Å². The highest BCUT2D eigenvalue weighted by Crippen LogP contribution is 2.09. The summed E-state index contributed by atoms with van der Waals surface area (Å²) in [6.45, 7) is 3.92. The van der Waals surface area contributed by atoms with Gasteiger partial charge in [0.25, 0.3) is 0 Å². The summed E-state index contributed by atoms with van der Waals surface area (Å²) in [5.74, 6) is 0. The van der Waals surface area contributed by atoms with Crippen molar-refractivity contribution in [2.45, 2.75) is 18.7 Å². The summed E-state index contributed by atoms with van der Waals surface area (Å²) in [7, 11) is -2.25. The minimum atomic E-state index is -4.27. The quantitative estimate of drug-likeness (QED) is 0.511. The molecule has 1 aromatic heterocycles. The van der Waals surface area contributed by atoms with E-state index in [1.165, 1.54) is 28.8 Å². The van der Waals surface area contributed by atoms with Crippen molar-refractivity contribution in [1.29, 1.82) is 0 Å². The van der Waals surface area contributed by atoms with Crippen LogP contribution in [0.25, 0.3) is 12.2 Å². The van der Waals surface area contributed by atoms with Gasteiger partial charge in [-0.3, -0.25) is 0 Å². The highest BCUT2D eigenvalue weighted by molar-refractivity contribution is 7.85. The largest absolute Gasteiger partial charge is 0.744 e. The summed E-state index contributed by atoms with van der Waals surface area (Å²) in [5, 5.41) is 0. The molecule has 0 radical (unpaired) electrons. The fraction of sp³-hybridized carbons (Fsp3) is 0.136. The molecule has 3 rings (SSSR count). The molecule has 4 nitrogen and oxygen atoms in total. The first-order valence-electron chi connectivity index (χ1n) is 8.47. The first-order valence-corrected chi connectivity index (χ1v) is 9.87. The van der Waals surface area contributed by atoms with Crippen molar-refractivity contribution in [3.63, 3.8) is 0 Å². The van der Waals surface area contributed by atoms with E-state index in [4.69, 9.17) is 0 Å². The number of pyridine rings is 1. The first kappa shape index (κ1) is 20.6. The van der Waals surface area contributed by atoms with Crippen LogP contribution in [0.15, 0.2) is 78.0 Å². The number of hydrogen-bond donors (Lipinski definition) is 0. The van der Waals surface area contributed by atoms with Crippen LogP contribution in [0.2, 0.25) is 0 Å². The normalized spacial score (nSPS) is 11.1. The number of aromatic nitrogens is 1. The lowest BCUT2D eigenvalue weighted by Crippen LogP contribution is -2.25. The van der Waals surface area contributed by atoms with E-state index in [-0.39, 0.29) is 4.90 Å². The van der Waals surface area contributed by atoms with Crippen molar-refractivity contribution in [3.05, 3.63) is 95.3 Å². The van der Waals surface area contributed by atoms with Crippen LogP contribution in [-0.4, -0.2) is 13.0 Å². The summed E-state index contributed by atoms with van der Waals surface area (Å²) in [4.78, 5) is -0.178. The van der Waals surface area contributed by atoms with Crippen molar-refractivity contribution < 1.29 is 17.5 Å². The maximum Gasteiger partial charge on any atom is 0.169 e. The van der Waals surface area contributed by atoms with Crippen molar-refractivity contribution in [3.8, 4) is 0 Å². The predicted molar refractivity (Wildman–Crippen MR) is 107 cm³/mol. The fourth-order valence-electron chi connectivity index (χ4n) is 2.20. The first-order chi connectivity index (χ1) is 12.7. The molecule has 0 saturated heterocycles. The smallest absolute Gasteiger partial charge is 0.169 e. The van der Waals surface area contributed by atoms with Crippen LogP contribution in [0, 0.1) is 13.8 Å². The lowest BCUT2D eigenvalue weighted by atomic mass is 10.1. The molecule has 1 heterocycles. The van der Waals surface area contributed by atoms with Gasteiger partial charge in [-0.05, 0) is 37.1 Å². The van der Waals surface area contributed by atoms with Crippen molar-refractivity contribution in [2.75, 3.05) is 0 Å². The molecular formula is C22H23NO3S. The van der Waals surface area contributed by atoms with Gasteiger partial charge >= 0.3 is 0 Å². The van der Waals surface area contributed by atoms with Gasteiger partial charge in [-0.15, -0.1) is 0 Å². The predicted octanol–water partition coefficient (Wildman–Crippen LogP) is 3.89. The SMILES string of the molecule is Cc1ccc(/C=C/c2cc[n+](C)cc2)cc1.Cc1ccc(S(=O)(=O)[O-])cc1. The second-order valence-corrected chi connectivity index (χ2v) is 7.69. The average molecular weight is 381 g/mol. The van der Waals surface area contributed by atoms with E-state index < -0.39 is 10.1 Å². The van der Waals surface area contributed by atoms with Crippen LogP contribution < -0.4 is 4.57 Å². The van der Waals surface area contributed by atoms with Gasteiger partial charge in [0.2, 0.25) is 0 Å². The van der Waals surface area contributed by atoms with E-state index >= 15 is 0 Å². The van der Waals surface area contributed by atoms with E-state index in [1.54, 1.807) is 12.1 Å². The molecule has 0 aliphatic heterocycles. The summed E-state index contributed by atoms with van der Waals surface area (Å²) >= 11 is 0. The van der Waals surface area contributed by atoms with Crippen LogP contribution in [0.5, 0.6) is 0 Å². The lowest BCUT2D eigenvalue weighted by molar-refractivity contribution is -0.671. The molecule has 0 atom stereocenters. The van der Waals surface area contributed by atoms with Gasteiger partial charge in [-0.2, -0.15) is 0 Å². The van der Waals surface area contributed by atoms with Gasteiger partial charge in [0.05, 0.1) is 4.90 Å². The van der Waals surface area contributed by atoms with Crippen molar-refractivity contribution in [2.24, 2.45) is 7.05 Å². The zero-order valence-electron chi connectivity index (χ0n) is 15.7. The highest BCUT2D eigenvalue weighted by Gasteiger charge is 1.97. The van der Waals surface area contributed by atoms with Gasteiger partial charge in [0, 0.05) is 12.1 Å². The molecule has 140 valence electrons. The average Bonchev–Trinajstić information content (AvgIpc) is 2.63. The van der Waals surface area contributed by atoms with E-state index in [1.807, 2.05) is 18.5 Å². The van der Waals surface area contributed by atoms with E-state index in [0.717, 1.165) is 5.56 Å². The molecule has 0 amide bonds. The summed E-state index contributed by atoms with van der Waals surface area (Å²) in [6, 6.07) is 18.5. The minimum absolute atomic E-state index is 0.178. The minimum Gasteiger partial charge on any atom is -0.744 e. The third-order valence-electron chi connectivity index (χ3n) is 3.86. The molecule has 0 aliphatic rings. The van der Waals surface area contributed by atoms with E-state index in [0.29, 0.717) is 0 Å². The molecule has 2 aromatic carbocycles. The Morgan fingerprint density at radius 3 is 1.59 bits per heavy atom. The fourth-order valence-corrected chi connectivity index (χ4v) is 2.67. The van der Waals surface area contributed by atoms with Crippen LogP contribution in [0.3, 0.4) is 0 Å². The van der Waals surface area contributed by atoms with Crippen molar-refractivity contribution in [1.82, 2.24) is 0 Å². The Labute approximate surface area is 161 Å². The standard InChI is InChI=1S/C15H16N.C7H8O3S/c1-13-3-5-14(6-4-13)7-8-15-9-11-16(2)12-10-15;1-6-2-4-7(5-3-6)11(8,9)10/h3-12H,1-2H3;2-5H,1H3,(H,8,9,10)/q+1;/p-1/b8-7+;. The number of nitrogens with zero attached hydrogens (tertiary/aromatic N) is 1. The van der Waals surface area contributed by atoms with Crippen LogP contribution in [0.1, 0.15) is 22.3 Å². The third kappa shape index (κ3) is 7.17. The molecule has 5 heteroatoms. The molecule has 0 bridgehead atoms. The third-order valence-corrected chi connectivity index (χ3v) is 4.71. The molecule has 0 aliphatic carbocycles. The van der Waals surface area contributed by atoms with E-state index in [9.17, 15) is 13.0 Å². The van der Waals surface area contributed by atoms with Gasteiger partial charge in [-0.1, -0.05) is 59.7 Å². The Balaban J connectivity index is 0.000000208. The van der Waals surface area contributed by atoms with Crippen LogP contribution in [0.4, 0.5) is 0 Å². The second-order valence-electron chi connectivity index (χ2n) is 6.31. The molecular weight excluding hydrogens is 358 g/mol. The number of hydrogen-bond acceptors (Lipinski definition) is 3. The second kappa shape index (κ2) is 9.26. The van der Waals surface area contributed by atoms with Crippen LogP contribution >= 0.6 is 0 Å². The number of rotatable bonds is 3. The molecule has 0 unspecified atom stereocenters. The van der Waals surface area contributed by atoms with Crippen molar-refractivity contribution >= 4 is 22.3 Å². The summed E-state index contributed by atoms with van der Waals surface area (Å²) in [6.07, 6.45) is 8.36. The van der Waals surface area contributed by atoms with Gasteiger partial charge < -0.3 is 4.55 Å². The molecule has 0 saturated carbocycles. The Morgan fingerprint density at radius 1 is 0.741 bits per heavy atom. The zero-order chi connectivity index (χ0) is 19.9. The molecule has 0 N–H and O–H groups in total. The molecule has 3 aromatic rings. The summed E-state index contributed by atoms with van der Waals surface area (Å²) < 4.78 is 33.2. The zero-order valence-corrected chi connectivity index (χ0v) is 16.5. The molecule has 27 heavy (non-hydrogen) atoms. The molecule has 0 fully saturated rings. The van der Waals surface area contributed by atoms with E-state index in [2.05, 4.69) is 67.9 Å². The summed E-state index contributed by atoms with van der Waals surface area (Å²) in [5.41, 5.74) is 4.68. The Bertz CT molecular complexity index is 941. The monoisotopic (exact) mass is 381 g/mol. The highest BCUT2D eigenvalue weighted by atomic mass is 32.2. The topological polar surface area (TPSA) is 61.1 Å². The maximum atomic E-state index is 10.4. The number of aryl methyl sites for hydroxylation is 3. The Kier molecular flexibility index (Phi) is 7.05.